The van der Waals surface area contributed by atoms with Crippen LogP contribution < -0.4 is 4.72 Å². The van der Waals surface area contributed by atoms with Gasteiger partial charge in [-0.05, 0) is 60.6 Å². The minimum atomic E-state index is -3.50. The third kappa shape index (κ3) is 4.82. The summed E-state index contributed by atoms with van der Waals surface area (Å²) in [6.45, 7) is 0.996. The number of halogens is 1. The zero-order chi connectivity index (χ0) is 17.7. The van der Waals surface area contributed by atoms with Gasteiger partial charge in [0.25, 0.3) is 0 Å². The molecule has 0 radical (unpaired) electrons. The first kappa shape index (κ1) is 18.4. The predicted octanol–water partition coefficient (Wildman–Crippen LogP) is 3.71. The van der Waals surface area contributed by atoms with Crippen molar-refractivity contribution in [1.82, 2.24) is 4.72 Å². The molecule has 0 aliphatic heterocycles. The van der Waals surface area contributed by atoms with Gasteiger partial charge in [-0.3, -0.25) is 0 Å². The van der Waals surface area contributed by atoms with Crippen LogP contribution in [-0.2, 0) is 34.2 Å². The maximum atomic E-state index is 12.6. The fourth-order valence-corrected chi connectivity index (χ4v) is 4.54. The Morgan fingerprint density at radius 3 is 2.60 bits per heavy atom. The molecule has 1 aliphatic rings. The van der Waals surface area contributed by atoms with Gasteiger partial charge in [0.1, 0.15) is 0 Å². The third-order valence-electron chi connectivity index (χ3n) is 4.36. The number of rotatable bonds is 7. The third-order valence-corrected chi connectivity index (χ3v) is 6.16. The standard InChI is InChI=1S/C19H22ClNO3S/c20-17-10-8-15(9-11-17)14-24-13-12-21-25(22,23)19-7-3-5-16-4-1-2-6-18(16)19/h3,5,7-11,21H,1-2,4,6,12-14H2. The number of nitrogens with one attached hydrogen (secondary N) is 1. The van der Waals surface area contributed by atoms with Gasteiger partial charge in [0.2, 0.25) is 10.0 Å². The van der Waals surface area contributed by atoms with Crippen molar-refractivity contribution in [3.63, 3.8) is 0 Å². The summed E-state index contributed by atoms with van der Waals surface area (Å²) in [4.78, 5) is 0.419. The van der Waals surface area contributed by atoms with Gasteiger partial charge in [-0.1, -0.05) is 35.9 Å². The van der Waals surface area contributed by atoms with Crippen LogP contribution in [0.15, 0.2) is 47.4 Å². The molecule has 0 spiro atoms. The molecule has 134 valence electrons. The highest BCUT2D eigenvalue weighted by molar-refractivity contribution is 7.89. The van der Waals surface area contributed by atoms with Gasteiger partial charge in [-0.15, -0.1) is 0 Å². The zero-order valence-electron chi connectivity index (χ0n) is 14.0. The Hall–Kier alpha value is -1.40. The molecule has 3 rings (SSSR count). The van der Waals surface area contributed by atoms with Crippen molar-refractivity contribution in [3.8, 4) is 0 Å². The molecule has 0 saturated heterocycles. The molecule has 0 fully saturated rings. The summed E-state index contributed by atoms with van der Waals surface area (Å²) in [5.74, 6) is 0. The second-order valence-electron chi connectivity index (χ2n) is 6.18. The van der Waals surface area contributed by atoms with Crippen molar-refractivity contribution in [1.29, 1.82) is 0 Å². The smallest absolute Gasteiger partial charge is 0.240 e. The molecule has 1 N–H and O–H groups in total. The van der Waals surface area contributed by atoms with Crippen LogP contribution in [0.5, 0.6) is 0 Å². The van der Waals surface area contributed by atoms with E-state index >= 15 is 0 Å². The van der Waals surface area contributed by atoms with E-state index in [1.165, 1.54) is 0 Å². The van der Waals surface area contributed by atoms with Crippen LogP contribution in [0.1, 0.15) is 29.5 Å². The van der Waals surface area contributed by atoms with Crippen LogP contribution in [-0.4, -0.2) is 21.6 Å². The van der Waals surface area contributed by atoms with Crippen molar-refractivity contribution in [2.75, 3.05) is 13.2 Å². The van der Waals surface area contributed by atoms with Gasteiger partial charge in [0.15, 0.2) is 0 Å². The molecule has 0 heterocycles. The number of hydrogen-bond acceptors (Lipinski definition) is 3. The van der Waals surface area contributed by atoms with Crippen LogP contribution in [0.2, 0.25) is 5.02 Å². The minimum absolute atomic E-state index is 0.250. The Morgan fingerprint density at radius 2 is 1.80 bits per heavy atom. The monoisotopic (exact) mass is 379 g/mol. The van der Waals surface area contributed by atoms with Crippen molar-refractivity contribution < 1.29 is 13.2 Å². The largest absolute Gasteiger partial charge is 0.375 e. The van der Waals surface area contributed by atoms with Gasteiger partial charge in [-0.2, -0.15) is 0 Å². The summed E-state index contributed by atoms with van der Waals surface area (Å²) in [7, 11) is -3.50. The molecule has 0 bridgehead atoms. The molecule has 0 amide bonds. The summed E-state index contributed by atoms with van der Waals surface area (Å²) < 4.78 is 33.4. The maximum Gasteiger partial charge on any atom is 0.240 e. The number of sulfonamides is 1. The van der Waals surface area contributed by atoms with Crippen LogP contribution in [0.3, 0.4) is 0 Å². The topological polar surface area (TPSA) is 55.4 Å². The Morgan fingerprint density at radius 1 is 1.04 bits per heavy atom. The lowest BCUT2D eigenvalue weighted by Crippen LogP contribution is -2.29. The van der Waals surface area contributed by atoms with E-state index in [1.807, 2.05) is 36.4 Å². The Bertz CT molecular complexity index is 819. The molecular formula is C19H22ClNO3S. The van der Waals surface area contributed by atoms with Gasteiger partial charge in [0.05, 0.1) is 18.1 Å². The number of aryl methyl sites for hydroxylation is 1. The lowest BCUT2D eigenvalue weighted by atomic mass is 9.92. The van der Waals surface area contributed by atoms with Crippen molar-refractivity contribution in [2.45, 2.75) is 37.2 Å². The minimum Gasteiger partial charge on any atom is -0.375 e. The van der Waals surface area contributed by atoms with Crippen molar-refractivity contribution in [2.24, 2.45) is 0 Å². The highest BCUT2D eigenvalue weighted by Gasteiger charge is 2.21. The van der Waals surface area contributed by atoms with E-state index in [4.69, 9.17) is 16.3 Å². The number of fused-ring (bicyclic) bond motifs is 1. The summed E-state index contributed by atoms with van der Waals surface area (Å²) >= 11 is 5.84. The summed E-state index contributed by atoms with van der Waals surface area (Å²) in [6.07, 6.45) is 3.97. The molecule has 1 aliphatic carbocycles. The fourth-order valence-electron chi connectivity index (χ4n) is 3.09. The molecule has 0 saturated carbocycles. The molecule has 0 unspecified atom stereocenters. The van der Waals surface area contributed by atoms with Gasteiger partial charge in [-0.25, -0.2) is 13.1 Å². The second-order valence-corrected chi connectivity index (χ2v) is 8.35. The number of benzene rings is 2. The average Bonchev–Trinajstić information content (AvgIpc) is 2.62. The van der Waals surface area contributed by atoms with Crippen molar-refractivity contribution in [3.05, 3.63) is 64.2 Å². The van der Waals surface area contributed by atoms with Gasteiger partial charge < -0.3 is 4.74 Å². The molecule has 0 aromatic heterocycles. The molecule has 2 aromatic rings. The molecule has 0 atom stereocenters. The first-order valence-electron chi connectivity index (χ1n) is 8.49. The van der Waals surface area contributed by atoms with Gasteiger partial charge >= 0.3 is 0 Å². The molecule has 6 heteroatoms. The second kappa shape index (κ2) is 8.32. The highest BCUT2D eigenvalue weighted by Crippen LogP contribution is 2.27. The predicted molar refractivity (Wildman–Crippen MR) is 99.4 cm³/mol. The maximum absolute atomic E-state index is 12.6. The lowest BCUT2D eigenvalue weighted by molar-refractivity contribution is 0.126. The Kier molecular flexibility index (Phi) is 6.12. The van der Waals surface area contributed by atoms with Gasteiger partial charge in [0, 0.05) is 11.6 Å². The van der Waals surface area contributed by atoms with E-state index in [-0.39, 0.29) is 6.54 Å². The highest BCUT2D eigenvalue weighted by atomic mass is 35.5. The van der Waals surface area contributed by atoms with Crippen LogP contribution in [0.4, 0.5) is 0 Å². The zero-order valence-corrected chi connectivity index (χ0v) is 15.6. The Labute approximate surface area is 154 Å². The molecule has 25 heavy (non-hydrogen) atoms. The summed E-state index contributed by atoms with van der Waals surface area (Å²) in [5.41, 5.74) is 3.14. The van der Waals surface area contributed by atoms with Crippen LogP contribution >= 0.6 is 11.6 Å². The molecular weight excluding hydrogens is 358 g/mol. The average molecular weight is 380 g/mol. The van der Waals surface area contributed by atoms with Crippen molar-refractivity contribution >= 4 is 21.6 Å². The fraction of sp³-hybridized carbons (Fsp3) is 0.368. The van der Waals surface area contributed by atoms with E-state index < -0.39 is 10.0 Å². The first-order chi connectivity index (χ1) is 12.1. The molecule has 2 aromatic carbocycles. The quantitative estimate of drug-likeness (QED) is 0.746. The van der Waals surface area contributed by atoms with E-state index in [1.54, 1.807) is 6.07 Å². The summed E-state index contributed by atoms with van der Waals surface area (Å²) in [5, 5.41) is 0.683. The Balaban J connectivity index is 1.53. The number of ether oxygens (including phenoxy) is 1. The first-order valence-corrected chi connectivity index (χ1v) is 10.3. The normalized spacial score (nSPS) is 14.3. The number of hydrogen-bond donors (Lipinski definition) is 1. The van der Waals surface area contributed by atoms with Crippen LogP contribution in [0.25, 0.3) is 0 Å². The molecule has 4 nitrogen and oxygen atoms in total. The van der Waals surface area contributed by atoms with E-state index in [2.05, 4.69) is 4.72 Å². The van der Waals surface area contributed by atoms with E-state index in [0.29, 0.717) is 23.1 Å². The van der Waals surface area contributed by atoms with Crippen LogP contribution in [0, 0.1) is 0 Å². The SMILES string of the molecule is O=S(=O)(NCCOCc1ccc(Cl)cc1)c1cccc2c1CCCC2. The van der Waals surface area contributed by atoms with E-state index in [0.717, 1.165) is 42.4 Å². The lowest BCUT2D eigenvalue weighted by Gasteiger charge is -2.19. The summed E-state index contributed by atoms with van der Waals surface area (Å²) in [6, 6.07) is 13.0. The van der Waals surface area contributed by atoms with E-state index in [9.17, 15) is 8.42 Å².